The van der Waals surface area contributed by atoms with E-state index in [0.717, 1.165) is 12.5 Å². The maximum absolute atomic E-state index is 13.3. The highest BCUT2D eigenvalue weighted by atomic mass is 32.2. The number of para-hydroxylation sites is 1. The van der Waals surface area contributed by atoms with E-state index in [0.29, 0.717) is 12.5 Å². The normalized spacial score (nSPS) is 16.9. The van der Waals surface area contributed by atoms with Gasteiger partial charge in [-0.05, 0) is 24.5 Å². The second-order valence-electron chi connectivity index (χ2n) is 4.99. The number of hydrogen-bond donors (Lipinski definition) is 2. The van der Waals surface area contributed by atoms with Crippen LogP contribution in [0.5, 0.6) is 0 Å². The van der Waals surface area contributed by atoms with E-state index in [4.69, 9.17) is 5.73 Å². The van der Waals surface area contributed by atoms with E-state index in [1.165, 1.54) is 37.8 Å². The summed E-state index contributed by atoms with van der Waals surface area (Å²) in [7, 11) is -3.72. The molecule has 0 amide bonds. The van der Waals surface area contributed by atoms with Gasteiger partial charge in [-0.1, -0.05) is 31.7 Å². The quantitative estimate of drug-likeness (QED) is 0.816. The SMILES string of the molecule is Nc1c(F)cccc1S(=O)(=O)NCCC1CCCC1. The lowest BCUT2D eigenvalue weighted by Gasteiger charge is -2.12. The highest BCUT2D eigenvalue weighted by Crippen LogP contribution is 2.27. The molecule has 4 nitrogen and oxygen atoms in total. The molecule has 1 fully saturated rings. The third-order valence-electron chi connectivity index (χ3n) is 3.62. The van der Waals surface area contributed by atoms with E-state index in [-0.39, 0.29) is 10.6 Å². The van der Waals surface area contributed by atoms with Gasteiger partial charge in [-0.2, -0.15) is 0 Å². The molecule has 0 bridgehead atoms. The van der Waals surface area contributed by atoms with Crippen LogP contribution < -0.4 is 10.5 Å². The molecule has 0 aliphatic heterocycles. The van der Waals surface area contributed by atoms with Crippen molar-refractivity contribution in [2.75, 3.05) is 12.3 Å². The predicted molar refractivity (Wildman–Crippen MR) is 72.6 cm³/mol. The summed E-state index contributed by atoms with van der Waals surface area (Å²) in [5.74, 6) is -0.105. The highest BCUT2D eigenvalue weighted by molar-refractivity contribution is 7.89. The van der Waals surface area contributed by atoms with Crippen molar-refractivity contribution >= 4 is 15.7 Å². The van der Waals surface area contributed by atoms with Crippen LogP contribution in [0.3, 0.4) is 0 Å². The number of benzene rings is 1. The average Bonchev–Trinajstić information content (AvgIpc) is 2.85. The zero-order chi connectivity index (χ0) is 13.9. The van der Waals surface area contributed by atoms with E-state index >= 15 is 0 Å². The minimum atomic E-state index is -3.72. The van der Waals surface area contributed by atoms with Crippen molar-refractivity contribution in [3.05, 3.63) is 24.0 Å². The molecule has 1 aromatic rings. The summed E-state index contributed by atoms with van der Waals surface area (Å²) >= 11 is 0. The molecule has 0 radical (unpaired) electrons. The van der Waals surface area contributed by atoms with Gasteiger partial charge < -0.3 is 5.73 Å². The molecule has 3 N–H and O–H groups in total. The fraction of sp³-hybridized carbons (Fsp3) is 0.538. The maximum Gasteiger partial charge on any atom is 0.242 e. The van der Waals surface area contributed by atoms with Gasteiger partial charge in [-0.25, -0.2) is 17.5 Å². The van der Waals surface area contributed by atoms with Crippen LogP contribution in [0.1, 0.15) is 32.1 Å². The molecular formula is C13H19FN2O2S. The van der Waals surface area contributed by atoms with Gasteiger partial charge >= 0.3 is 0 Å². The zero-order valence-corrected chi connectivity index (χ0v) is 11.5. The number of halogens is 1. The molecule has 0 spiro atoms. The summed E-state index contributed by atoms with van der Waals surface area (Å²) < 4.78 is 39.8. The lowest BCUT2D eigenvalue weighted by atomic mass is 10.1. The molecule has 1 aliphatic rings. The van der Waals surface area contributed by atoms with E-state index in [1.54, 1.807) is 0 Å². The van der Waals surface area contributed by atoms with Crippen molar-refractivity contribution in [2.45, 2.75) is 37.0 Å². The van der Waals surface area contributed by atoms with Crippen LogP contribution in [0, 0.1) is 11.7 Å². The van der Waals surface area contributed by atoms with Crippen LogP contribution in [-0.2, 0) is 10.0 Å². The summed E-state index contributed by atoms with van der Waals surface area (Å²) in [5.41, 5.74) is 5.15. The summed E-state index contributed by atoms with van der Waals surface area (Å²) in [4.78, 5) is -0.182. The minimum Gasteiger partial charge on any atom is -0.395 e. The molecule has 106 valence electrons. The van der Waals surface area contributed by atoms with Crippen LogP contribution in [0.15, 0.2) is 23.1 Å². The van der Waals surface area contributed by atoms with Gasteiger partial charge in [0.15, 0.2) is 0 Å². The lowest BCUT2D eigenvalue weighted by Crippen LogP contribution is -2.26. The number of sulfonamides is 1. The van der Waals surface area contributed by atoms with Gasteiger partial charge in [0.2, 0.25) is 10.0 Å². The number of hydrogen-bond acceptors (Lipinski definition) is 3. The van der Waals surface area contributed by atoms with Gasteiger partial charge in [0.25, 0.3) is 0 Å². The molecule has 0 aromatic heterocycles. The largest absolute Gasteiger partial charge is 0.395 e. The molecule has 6 heteroatoms. The van der Waals surface area contributed by atoms with E-state index < -0.39 is 15.8 Å². The Labute approximate surface area is 113 Å². The van der Waals surface area contributed by atoms with E-state index in [2.05, 4.69) is 4.72 Å². The van der Waals surface area contributed by atoms with Crippen LogP contribution in [-0.4, -0.2) is 15.0 Å². The number of nitrogens with one attached hydrogen (secondary N) is 1. The minimum absolute atomic E-state index is 0.182. The van der Waals surface area contributed by atoms with Crippen molar-refractivity contribution in [1.82, 2.24) is 4.72 Å². The molecule has 0 atom stereocenters. The second kappa shape index (κ2) is 5.88. The van der Waals surface area contributed by atoms with Gasteiger partial charge in [-0.15, -0.1) is 0 Å². The number of rotatable bonds is 5. The van der Waals surface area contributed by atoms with Crippen molar-refractivity contribution < 1.29 is 12.8 Å². The van der Waals surface area contributed by atoms with Crippen molar-refractivity contribution in [3.63, 3.8) is 0 Å². The molecule has 1 aliphatic carbocycles. The Hall–Kier alpha value is -1.14. The third kappa shape index (κ3) is 3.45. The van der Waals surface area contributed by atoms with Crippen LogP contribution in [0.25, 0.3) is 0 Å². The number of nitrogen functional groups attached to an aromatic ring is 1. The fourth-order valence-electron chi connectivity index (χ4n) is 2.53. The molecular weight excluding hydrogens is 267 g/mol. The monoisotopic (exact) mass is 286 g/mol. The Morgan fingerprint density at radius 1 is 1.32 bits per heavy atom. The molecule has 0 heterocycles. The standard InChI is InChI=1S/C13H19FN2O2S/c14-11-6-3-7-12(13(11)15)19(17,18)16-9-8-10-4-1-2-5-10/h3,6-7,10,16H,1-2,4-5,8-9,15H2. The fourth-order valence-corrected chi connectivity index (χ4v) is 3.71. The molecule has 1 saturated carbocycles. The van der Waals surface area contributed by atoms with E-state index in [1.807, 2.05) is 0 Å². The van der Waals surface area contributed by atoms with Crippen LogP contribution in [0.4, 0.5) is 10.1 Å². The second-order valence-corrected chi connectivity index (χ2v) is 6.72. The molecule has 1 aromatic carbocycles. The molecule has 0 unspecified atom stereocenters. The summed E-state index contributed by atoms with van der Waals surface area (Å²) in [6.07, 6.45) is 5.63. The molecule has 19 heavy (non-hydrogen) atoms. The Bertz CT molecular complexity index is 540. The number of nitrogens with two attached hydrogens (primary N) is 1. The van der Waals surface area contributed by atoms with Crippen molar-refractivity contribution in [3.8, 4) is 0 Å². The van der Waals surface area contributed by atoms with Crippen molar-refractivity contribution in [2.24, 2.45) is 5.92 Å². The summed E-state index contributed by atoms with van der Waals surface area (Å²) in [6.45, 7) is 0.378. The first-order valence-corrected chi connectivity index (χ1v) is 8.02. The first-order chi connectivity index (χ1) is 9.00. The first-order valence-electron chi connectivity index (χ1n) is 6.54. The molecule has 2 rings (SSSR count). The van der Waals surface area contributed by atoms with Gasteiger partial charge in [-0.3, -0.25) is 0 Å². The predicted octanol–water partition coefficient (Wildman–Crippen LogP) is 2.27. The third-order valence-corrected chi connectivity index (χ3v) is 5.14. The topological polar surface area (TPSA) is 72.2 Å². The summed E-state index contributed by atoms with van der Waals surface area (Å²) in [6, 6.07) is 3.81. The maximum atomic E-state index is 13.3. The van der Waals surface area contributed by atoms with E-state index in [9.17, 15) is 12.8 Å². The zero-order valence-electron chi connectivity index (χ0n) is 10.7. The smallest absolute Gasteiger partial charge is 0.242 e. The average molecular weight is 286 g/mol. The lowest BCUT2D eigenvalue weighted by molar-refractivity contribution is 0.495. The Kier molecular flexibility index (Phi) is 4.42. The van der Waals surface area contributed by atoms with Gasteiger partial charge in [0, 0.05) is 6.54 Å². The Morgan fingerprint density at radius 2 is 2.00 bits per heavy atom. The van der Waals surface area contributed by atoms with Crippen LogP contribution in [0.2, 0.25) is 0 Å². The summed E-state index contributed by atoms with van der Waals surface area (Å²) in [5, 5.41) is 0. The number of anilines is 1. The van der Waals surface area contributed by atoms with Gasteiger partial charge in [0.1, 0.15) is 10.7 Å². The van der Waals surface area contributed by atoms with Gasteiger partial charge in [0.05, 0.1) is 5.69 Å². The highest BCUT2D eigenvalue weighted by Gasteiger charge is 2.20. The van der Waals surface area contributed by atoms with Crippen LogP contribution >= 0.6 is 0 Å². The van der Waals surface area contributed by atoms with Crippen molar-refractivity contribution in [1.29, 1.82) is 0 Å². The first kappa shape index (κ1) is 14.3. The Balaban J connectivity index is 1.99. The molecule has 0 saturated heterocycles. The Morgan fingerprint density at radius 3 is 2.68 bits per heavy atom.